The first-order valence-corrected chi connectivity index (χ1v) is 6.32. The van der Waals surface area contributed by atoms with E-state index in [9.17, 15) is 4.79 Å². The summed E-state index contributed by atoms with van der Waals surface area (Å²) in [6.07, 6.45) is 0. The van der Waals surface area contributed by atoms with Gasteiger partial charge in [0.05, 0.1) is 6.54 Å². The largest absolute Gasteiger partial charge is 0.378 e. The van der Waals surface area contributed by atoms with Gasteiger partial charge in [0.2, 0.25) is 5.91 Å². The molecule has 0 saturated carbocycles. The highest BCUT2D eigenvalue weighted by Crippen LogP contribution is 2.17. The predicted molar refractivity (Wildman–Crippen MR) is 75.9 cm³/mol. The molecule has 0 spiro atoms. The van der Waals surface area contributed by atoms with Gasteiger partial charge >= 0.3 is 0 Å². The fourth-order valence-corrected chi connectivity index (χ4v) is 1.68. The van der Waals surface area contributed by atoms with Crippen LogP contribution >= 0.6 is 0 Å². The zero-order chi connectivity index (χ0) is 13.5. The van der Waals surface area contributed by atoms with Crippen molar-refractivity contribution in [3.63, 3.8) is 0 Å². The molecule has 0 radical (unpaired) electrons. The summed E-state index contributed by atoms with van der Waals surface area (Å²) in [4.78, 5) is 13.4. The van der Waals surface area contributed by atoms with E-state index in [1.807, 2.05) is 21.0 Å². The number of amides is 1. The van der Waals surface area contributed by atoms with Gasteiger partial charge in [-0.3, -0.25) is 4.79 Å². The summed E-state index contributed by atoms with van der Waals surface area (Å²) >= 11 is 0. The summed E-state index contributed by atoms with van der Waals surface area (Å²) in [6, 6.07) is 8.51. The fourth-order valence-electron chi connectivity index (χ4n) is 1.68. The van der Waals surface area contributed by atoms with Crippen molar-refractivity contribution in [2.75, 3.05) is 32.1 Å². The Morgan fingerprint density at radius 2 is 1.89 bits per heavy atom. The van der Waals surface area contributed by atoms with Crippen LogP contribution < -0.4 is 15.5 Å². The lowest BCUT2D eigenvalue weighted by atomic mass is 10.1. The van der Waals surface area contributed by atoms with Gasteiger partial charge in [0.15, 0.2) is 0 Å². The van der Waals surface area contributed by atoms with Crippen LogP contribution in [0, 0.1) is 0 Å². The summed E-state index contributed by atoms with van der Waals surface area (Å²) < 4.78 is 0. The quantitative estimate of drug-likeness (QED) is 0.804. The number of hydrogen-bond acceptors (Lipinski definition) is 3. The van der Waals surface area contributed by atoms with Crippen LogP contribution in [0.2, 0.25) is 0 Å². The van der Waals surface area contributed by atoms with Crippen LogP contribution in [0.1, 0.15) is 25.5 Å². The van der Waals surface area contributed by atoms with Crippen LogP contribution in [0.25, 0.3) is 0 Å². The fraction of sp³-hybridized carbons (Fsp3) is 0.500. The van der Waals surface area contributed by atoms with Crippen molar-refractivity contribution in [2.24, 2.45) is 0 Å². The third-order valence-corrected chi connectivity index (χ3v) is 2.85. The van der Waals surface area contributed by atoms with E-state index >= 15 is 0 Å². The summed E-state index contributed by atoms with van der Waals surface area (Å²) in [5.41, 5.74) is 2.36. The number of benzene rings is 1. The summed E-state index contributed by atoms with van der Waals surface area (Å²) in [6.45, 7) is 5.00. The van der Waals surface area contributed by atoms with E-state index in [-0.39, 0.29) is 11.9 Å². The van der Waals surface area contributed by atoms with E-state index < -0.39 is 0 Å². The number of hydrogen-bond donors (Lipinski definition) is 2. The molecule has 1 amide bonds. The zero-order valence-electron chi connectivity index (χ0n) is 11.7. The monoisotopic (exact) mass is 249 g/mol. The van der Waals surface area contributed by atoms with E-state index in [1.165, 1.54) is 11.3 Å². The summed E-state index contributed by atoms with van der Waals surface area (Å²) in [5.74, 6) is 0.0364. The number of likely N-dealkylation sites (N-methyl/N-ethyl adjacent to an activating group) is 1. The first-order valence-electron chi connectivity index (χ1n) is 6.32. The number of anilines is 1. The third-order valence-electron chi connectivity index (χ3n) is 2.85. The molecule has 0 bridgehead atoms. The number of nitrogens with zero attached hydrogens (tertiary/aromatic N) is 1. The van der Waals surface area contributed by atoms with Gasteiger partial charge in [0, 0.05) is 32.4 Å². The van der Waals surface area contributed by atoms with Crippen molar-refractivity contribution >= 4 is 11.6 Å². The SMILES string of the molecule is CCNC(=O)CNC(C)c1ccc(N(C)C)cc1. The molecule has 4 heteroatoms. The Kier molecular flexibility index (Phi) is 5.65. The van der Waals surface area contributed by atoms with E-state index in [0.717, 1.165) is 0 Å². The highest BCUT2D eigenvalue weighted by atomic mass is 16.1. The van der Waals surface area contributed by atoms with Crippen molar-refractivity contribution in [1.82, 2.24) is 10.6 Å². The second-order valence-electron chi connectivity index (χ2n) is 4.54. The van der Waals surface area contributed by atoms with Crippen LogP contribution in [0.5, 0.6) is 0 Å². The maximum absolute atomic E-state index is 11.3. The first kappa shape index (κ1) is 14.5. The minimum Gasteiger partial charge on any atom is -0.378 e. The van der Waals surface area contributed by atoms with Gasteiger partial charge in [0.25, 0.3) is 0 Å². The highest BCUT2D eigenvalue weighted by molar-refractivity contribution is 5.77. The predicted octanol–water partition coefficient (Wildman–Crippen LogP) is 1.54. The summed E-state index contributed by atoms with van der Waals surface area (Å²) in [7, 11) is 4.04. The normalized spacial score (nSPS) is 12.0. The van der Waals surface area contributed by atoms with Crippen molar-refractivity contribution < 1.29 is 4.79 Å². The Bertz CT molecular complexity index is 373. The lowest BCUT2D eigenvalue weighted by molar-refractivity contribution is -0.120. The van der Waals surface area contributed by atoms with Crippen molar-refractivity contribution in [2.45, 2.75) is 19.9 Å². The smallest absolute Gasteiger partial charge is 0.233 e. The number of carbonyl (C=O) groups excluding carboxylic acids is 1. The van der Waals surface area contributed by atoms with E-state index in [2.05, 4.69) is 46.7 Å². The van der Waals surface area contributed by atoms with Gasteiger partial charge in [-0.25, -0.2) is 0 Å². The Labute approximate surface area is 109 Å². The van der Waals surface area contributed by atoms with Gasteiger partial charge < -0.3 is 15.5 Å². The molecular weight excluding hydrogens is 226 g/mol. The Morgan fingerprint density at radius 1 is 1.28 bits per heavy atom. The number of nitrogens with one attached hydrogen (secondary N) is 2. The van der Waals surface area contributed by atoms with Crippen LogP contribution in [0.15, 0.2) is 24.3 Å². The van der Waals surface area contributed by atoms with Crippen LogP contribution in [0.4, 0.5) is 5.69 Å². The Balaban J connectivity index is 2.51. The Hall–Kier alpha value is -1.55. The molecule has 0 aliphatic rings. The number of carbonyl (C=O) groups is 1. The molecule has 100 valence electrons. The van der Waals surface area contributed by atoms with Gasteiger partial charge in [-0.15, -0.1) is 0 Å². The van der Waals surface area contributed by atoms with Crippen molar-refractivity contribution in [1.29, 1.82) is 0 Å². The van der Waals surface area contributed by atoms with Crippen molar-refractivity contribution in [3.05, 3.63) is 29.8 Å². The lowest BCUT2D eigenvalue weighted by Gasteiger charge is -2.16. The van der Waals surface area contributed by atoms with E-state index in [1.54, 1.807) is 0 Å². The maximum Gasteiger partial charge on any atom is 0.233 e. The molecule has 1 rings (SSSR count). The van der Waals surface area contributed by atoms with E-state index in [4.69, 9.17) is 0 Å². The number of rotatable bonds is 6. The summed E-state index contributed by atoms with van der Waals surface area (Å²) in [5, 5.41) is 5.97. The van der Waals surface area contributed by atoms with Crippen molar-refractivity contribution in [3.8, 4) is 0 Å². The second kappa shape index (κ2) is 7.01. The average Bonchev–Trinajstić information content (AvgIpc) is 2.36. The molecular formula is C14H23N3O. The van der Waals surface area contributed by atoms with Gasteiger partial charge in [-0.2, -0.15) is 0 Å². The Morgan fingerprint density at radius 3 is 2.39 bits per heavy atom. The molecule has 0 fully saturated rings. The lowest BCUT2D eigenvalue weighted by Crippen LogP contribution is -2.34. The molecule has 4 nitrogen and oxygen atoms in total. The molecule has 0 heterocycles. The maximum atomic E-state index is 11.3. The minimum atomic E-state index is 0.0364. The molecule has 1 atom stereocenters. The second-order valence-corrected chi connectivity index (χ2v) is 4.54. The van der Waals surface area contributed by atoms with Crippen LogP contribution in [-0.2, 0) is 4.79 Å². The zero-order valence-corrected chi connectivity index (χ0v) is 11.7. The molecule has 18 heavy (non-hydrogen) atoms. The standard InChI is InChI=1S/C14H23N3O/c1-5-15-14(18)10-16-11(2)12-6-8-13(9-7-12)17(3)4/h6-9,11,16H,5,10H2,1-4H3,(H,15,18). The molecule has 0 aliphatic heterocycles. The third kappa shape index (κ3) is 4.37. The van der Waals surface area contributed by atoms with Crippen LogP contribution in [0.3, 0.4) is 0 Å². The molecule has 1 unspecified atom stereocenters. The first-order chi connectivity index (χ1) is 8.54. The molecule has 0 saturated heterocycles. The minimum absolute atomic E-state index is 0.0364. The van der Waals surface area contributed by atoms with Crippen LogP contribution in [-0.4, -0.2) is 33.1 Å². The molecule has 2 N–H and O–H groups in total. The molecule has 1 aromatic carbocycles. The average molecular weight is 249 g/mol. The topological polar surface area (TPSA) is 44.4 Å². The van der Waals surface area contributed by atoms with Gasteiger partial charge in [-0.05, 0) is 31.5 Å². The van der Waals surface area contributed by atoms with Gasteiger partial charge in [0.1, 0.15) is 0 Å². The molecule has 0 aromatic heterocycles. The molecule has 0 aliphatic carbocycles. The molecule has 1 aromatic rings. The van der Waals surface area contributed by atoms with E-state index in [0.29, 0.717) is 13.1 Å². The highest BCUT2D eigenvalue weighted by Gasteiger charge is 2.07. The van der Waals surface area contributed by atoms with Gasteiger partial charge in [-0.1, -0.05) is 12.1 Å².